The lowest BCUT2D eigenvalue weighted by Gasteiger charge is -2.43. The maximum absolute atomic E-state index is 12.7. The van der Waals surface area contributed by atoms with Crippen LogP contribution in [0.5, 0.6) is 0 Å². The lowest BCUT2D eigenvalue weighted by Crippen LogP contribution is -2.49. The minimum Gasteiger partial charge on any atom is -0.355 e. The fourth-order valence-electron chi connectivity index (χ4n) is 4.94. The van der Waals surface area contributed by atoms with E-state index in [2.05, 4.69) is 39.1 Å². The van der Waals surface area contributed by atoms with Gasteiger partial charge in [0.05, 0.1) is 0 Å². The molecule has 2 unspecified atom stereocenters. The van der Waals surface area contributed by atoms with Crippen molar-refractivity contribution >= 4 is 30.7 Å². The molecular formula is C22H32Cl2N4O. The quantitative estimate of drug-likeness (QED) is 0.723. The van der Waals surface area contributed by atoms with Crippen molar-refractivity contribution < 1.29 is 4.79 Å². The van der Waals surface area contributed by atoms with Crippen LogP contribution >= 0.6 is 24.8 Å². The van der Waals surface area contributed by atoms with Crippen LogP contribution < -0.4 is 11.1 Å². The largest absolute Gasteiger partial charge is 0.355 e. The van der Waals surface area contributed by atoms with Crippen LogP contribution in [0, 0.1) is 17.8 Å². The average Bonchev–Trinajstić information content (AvgIpc) is 3.09. The summed E-state index contributed by atoms with van der Waals surface area (Å²) >= 11 is 0. The molecule has 160 valence electrons. The Morgan fingerprint density at radius 3 is 2.52 bits per heavy atom. The number of rotatable bonds is 6. The molecular weight excluding hydrogens is 407 g/mol. The first-order valence-corrected chi connectivity index (χ1v) is 10.3. The second kappa shape index (κ2) is 11.0. The first-order chi connectivity index (χ1) is 13.2. The molecule has 5 nitrogen and oxygen atoms in total. The van der Waals surface area contributed by atoms with E-state index in [1.807, 2.05) is 18.5 Å². The number of amides is 1. The number of imidazole rings is 1. The number of nitrogens with one attached hydrogen (secondary N) is 1. The summed E-state index contributed by atoms with van der Waals surface area (Å²) in [6.45, 7) is 1.45. The normalized spacial score (nSPS) is 25.4. The van der Waals surface area contributed by atoms with E-state index in [4.69, 9.17) is 5.73 Å². The van der Waals surface area contributed by atoms with Crippen molar-refractivity contribution in [3.63, 3.8) is 0 Å². The molecule has 2 atom stereocenters. The molecule has 3 N–H and O–H groups in total. The summed E-state index contributed by atoms with van der Waals surface area (Å²) in [7, 11) is 0. The maximum Gasteiger partial charge on any atom is 0.223 e. The van der Waals surface area contributed by atoms with E-state index in [0.717, 1.165) is 31.6 Å². The Labute approximate surface area is 185 Å². The highest BCUT2D eigenvalue weighted by Gasteiger charge is 2.40. The lowest BCUT2D eigenvalue weighted by molar-refractivity contribution is -0.127. The van der Waals surface area contributed by atoms with Crippen molar-refractivity contribution in [2.24, 2.45) is 23.5 Å². The number of nitrogens with two attached hydrogens (primary N) is 1. The highest BCUT2D eigenvalue weighted by atomic mass is 35.5. The Bertz CT molecular complexity index is 753. The number of carbonyl (C=O) groups is 1. The van der Waals surface area contributed by atoms with E-state index in [9.17, 15) is 4.79 Å². The molecule has 2 saturated carbocycles. The van der Waals surface area contributed by atoms with Gasteiger partial charge in [0.1, 0.15) is 5.82 Å². The van der Waals surface area contributed by atoms with Crippen LogP contribution in [-0.2, 0) is 17.8 Å². The molecule has 1 aromatic carbocycles. The molecule has 2 aliphatic rings. The van der Waals surface area contributed by atoms with Crippen LogP contribution in [-0.4, -0.2) is 28.0 Å². The van der Waals surface area contributed by atoms with Gasteiger partial charge in [0.2, 0.25) is 5.91 Å². The molecule has 2 bridgehead atoms. The van der Waals surface area contributed by atoms with Crippen molar-refractivity contribution in [2.45, 2.75) is 51.1 Å². The molecule has 4 rings (SSSR count). The minimum absolute atomic E-state index is 0. The standard InChI is InChI=1S/C22H30N4O.2ClH/c23-21-17-7-4-8-18(21)14-19(13-17)22(27)25-10-9-20-24-11-12-26(20)15-16-5-2-1-3-6-16;;/h1-3,5-6,11-12,17-19,21H,4,7-10,13-15,23H2,(H,25,27);2*1H. The van der Waals surface area contributed by atoms with E-state index in [-0.39, 0.29) is 36.6 Å². The van der Waals surface area contributed by atoms with Gasteiger partial charge in [-0.3, -0.25) is 4.79 Å². The molecule has 0 saturated heterocycles. The first kappa shape index (κ1) is 23.7. The average molecular weight is 439 g/mol. The minimum atomic E-state index is 0. The summed E-state index contributed by atoms with van der Waals surface area (Å²) in [5.41, 5.74) is 7.60. The van der Waals surface area contributed by atoms with Gasteiger partial charge < -0.3 is 15.6 Å². The Morgan fingerprint density at radius 2 is 1.83 bits per heavy atom. The van der Waals surface area contributed by atoms with E-state index in [1.54, 1.807) is 0 Å². The smallest absolute Gasteiger partial charge is 0.223 e. The third kappa shape index (κ3) is 5.74. The predicted molar refractivity (Wildman–Crippen MR) is 121 cm³/mol. The molecule has 7 heteroatoms. The third-order valence-corrected chi connectivity index (χ3v) is 6.43. The number of hydrogen-bond donors (Lipinski definition) is 2. The van der Waals surface area contributed by atoms with Gasteiger partial charge in [-0.25, -0.2) is 4.98 Å². The zero-order valence-electron chi connectivity index (χ0n) is 16.7. The Morgan fingerprint density at radius 1 is 1.14 bits per heavy atom. The summed E-state index contributed by atoms with van der Waals surface area (Å²) in [6, 6.07) is 10.7. The zero-order chi connectivity index (χ0) is 18.6. The second-order valence-electron chi connectivity index (χ2n) is 8.19. The molecule has 1 aromatic heterocycles. The summed E-state index contributed by atoms with van der Waals surface area (Å²) in [4.78, 5) is 17.1. The molecule has 0 aliphatic heterocycles. The molecule has 2 fully saturated rings. The number of benzene rings is 1. The summed E-state index contributed by atoms with van der Waals surface area (Å²) in [5.74, 6) is 2.45. The van der Waals surface area contributed by atoms with E-state index < -0.39 is 0 Å². The van der Waals surface area contributed by atoms with Crippen LogP contribution in [0.2, 0.25) is 0 Å². The molecule has 0 radical (unpaired) electrons. The Balaban J connectivity index is 0.00000150. The Kier molecular flexibility index (Phi) is 9.00. The van der Waals surface area contributed by atoms with Crippen molar-refractivity contribution in [3.8, 4) is 0 Å². The lowest BCUT2D eigenvalue weighted by atomic mass is 9.65. The maximum atomic E-state index is 12.7. The van der Waals surface area contributed by atoms with Gasteiger partial charge in [-0.2, -0.15) is 0 Å². The van der Waals surface area contributed by atoms with Gasteiger partial charge in [0, 0.05) is 43.9 Å². The predicted octanol–water partition coefficient (Wildman–Crippen LogP) is 3.59. The molecule has 29 heavy (non-hydrogen) atoms. The van der Waals surface area contributed by atoms with Crippen LogP contribution in [0.15, 0.2) is 42.7 Å². The fourth-order valence-corrected chi connectivity index (χ4v) is 4.94. The van der Waals surface area contributed by atoms with Crippen molar-refractivity contribution in [1.82, 2.24) is 14.9 Å². The Hall–Kier alpha value is -1.56. The van der Waals surface area contributed by atoms with E-state index in [1.165, 1.54) is 24.8 Å². The van der Waals surface area contributed by atoms with Crippen molar-refractivity contribution in [3.05, 3.63) is 54.1 Å². The number of aromatic nitrogens is 2. The van der Waals surface area contributed by atoms with E-state index in [0.29, 0.717) is 24.4 Å². The SMILES string of the molecule is Cl.Cl.NC1C2CCCC1CC(C(=O)NCCc1nccn1Cc1ccccc1)C2. The number of fused-ring (bicyclic) bond motifs is 2. The van der Waals surface area contributed by atoms with E-state index >= 15 is 0 Å². The monoisotopic (exact) mass is 438 g/mol. The van der Waals surface area contributed by atoms with Crippen LogP contribution in [0.4, 0.5) is 0 Å². The molecule has 1 amide bonds. The van der Waals surface area contributed by atoms with Crippen molar-refractivity contribution in [2.75, 3.05) is 6.54 Å². The van der Waals surface area contributed by atoms with Crippen LogP contribution in [0.1, 0.15) is 43.5 Å². The topological polar surface area (TPSA) is 72.9 Å². The third-order valence-electron chi connectivity index (χ3n) is 6.43. The molecule has 1 heterocycles. The summed E-state index contributed by atoms with van der Waals surface area (Å²) < 4.78 is 2.16. The summed E-state index contributed by atoms with van der Waals surface area (Å²) in [6.07, 6.45) is 10.2. The van der Waals surface area contributed by atoms with Crippen molar-refractivity contribution in [1.29, 1.82) is 0 Å². The van der Waals surface area contributed by atoms with Crippen LogP contribution in [0.25, 0.3) is 0 Å². The molecule has 2 aliphatic carbocycles. The number of nitrogens with zero attached hydrogens (tertiary/aromatic N) is 2. The highest BCUT2D eigenvalue weighted by Crippen LogP contribution is 2.41. The van der Waals surface area contributed by atoms with Gasteiger partial charge in [0.25, 0.3) is 0 Å². The molecule has 2 aromatic rings. The number of halogens is 2. The number of hydrogen-bond acceptors (Lipinski definition) is 3. The van der Waals surface area contributed by atoms with Crippen LogP contribution in [0.3, 0.4) is 0 Å². The second-order valence-corrected chi connectivity index (χ2v) is 8.19. The number of carbonyl (C=O) groups excluding carboxylic acids is 1. The fraction of sp³-hybridized carbons (Fsp3) is 0.545. The first-order valence-electron chi connectivity index (χ1n) is 10.3. The van der Waals surface area contributed by atoms with Gasteiger partial charge in [-0.1, -0.05) is 36.8 Å². The zero-order valence-corrected chi connectivity index (χ0v) is 18.3. The van der Waals surface area contributed by atoms with Gasteiger partial charge >= 0.3 is 0 Å². The summed E-state index contributed by atoms with van der Waals surface area (Å²) in [5, 5.41) is 3.15. The van der Waals surface area contributed by atoms with Gasteiger partial charge in [-0.15, -0.1) is 24.8 Å². The van der Waals surface area contributed by atoms with Gasteiger partial charge in [0.15, 0.2) is 0 Å². The highest BCUT2D eigenvalue weighted by molar-refractivity contribution is 5.85. The van der Waals surface area contributed by atoms with Gasteiger partial charge in [-0.05, 0) is 43.1 Å². The molecule has 0 spiro atoms.